The van der Waals surface area contributed by atoms with E-state index in [1.807, 2.05) is 30.3 Å². The summed E-state index contributed by atoms with van der Waals surface area (Å²) in [5, 5.41) is 3.44. The van der Waals surface area contributed by atoms with Crippen LogP contribution in [-0.4, -0.2) is 19.3 Å². The summed E-state index contributed by atoms with van der Waals surface area (Å²) >= 11 is 0. The second kappa shape index (κ2) is 7.14. The first-order valence-corrected chi connectivity index (χ1v) is 7.53. The fourth-order valence-corrected chi connectivity index (χ4v) is 2.49. The van der Waals surface area contributed by atoms with E-state index >= 15 is 0 Å². The van der Waals surface area contributed by atoms with Crippen molar-refractivity contribution < 1.29 is 9.47 Å². The highest BCUT2D eigenvalue weighted by Gasteiger charge is 2.16. The number of benzene rings is 2. The van der Waals surface area contributed by atoms with Gasteiger partial charge in [-0.05, 0) is 30.5 Å². The van der Waals surface area contributed by atoms with Crippen molar-refractivity contribution >= 4 is 5.69 Å². The number of anilines is 1. The topological polar surface area (TPSA) is 30.5 Å². The van der Waals surface area contributed by atoms with Gasteiger partial charge < -0.3 is 14.8 Å². The molecule has 0 spiro atoms. The summed E-state index contributed by atoms with van der Waals surface area (Å²) in [4.78, 5) is 0. The van der Waals surface area contributed by atoms with Crippen molar-refractivity contribution in [3.63, 3.8) is 0 Å². The Hall–Kier alpha value is -2.00. The van der Waals surface area contributed by atoms with Crippen molar-refractivity contribution in [3.8, 4) is 5.75 Å². The number of ether oxygens (including phenoxy) is 2. The lowest BCUT2D eigenvalue weighted by molar-refractivity contribution is 0.0682. The smallest absolute Gasteiger partial charge is 0.142 e. The molecule has 21 heavy (non-hydrogen) atoms. The van der Waals surface area contributed by atoms with E-state index < -0.39 is 0 Å². The molecule has 1 N–H and O–H groups in total. The van der Waals surface area contributed by atoms with Gasteiger partial charge in [0.15, 0.2) is 0 Å². The number of hydrogen-bond acceptors (Lipinski definition) is 3. The third-order valence-electron chi connectivity index (χ3n) is 3.66. The maximum Gasteiger partial charge on any atom is 0.142 e. The molecule has 0 bridgehead atoms. The van der Waals surface area contributed by atoms with Crippen molar-refractivity contribution in [3.05, 3.63) is 60.2 Å². The minimum absolute atomic E-state index is 0.243. The summed E-state index contributed by atoms with van der Waals surface area (Å²) in [7, 11) is 0. The monoisotopic (exact) mass is 283 g/mol. The first-order chi connectivity index (χ1) is 10.4. The molecule has 1 heterocycles. The highest BCUT2D eigenvalue weighted by atomic mass is 16.5. The Balaban J connectivity index is 1.59. The fourth-order valence-electron chi connectivity index (χ4n) is 2.49. The molecule has 1 aliphatic rings. The van der Waals surface area contributed by atoms with Crippen LogP contribution in [0.25, 0.3) is 0 Å². The highest BCUT2D eigenvalue weighted by Crippen LogP contribution is 2.25. The molecule has 1 unspecified atom stereocenters. The Morgan fingerprint density at radius 2 is 1.86 bits per heavy atom. The van der Waals surface area contributed by atoms with Gasteiger partial charge >= 0.3 is 0 Å². The van der Waals surface area contributed by atoms with E-state index in [-0.39, 0.29) is 6.10 Å². The van der Waals surface area contributed by atoms with Gasteiger partial charge in [0.2, 0.25) is 0 Å². The van der Waals surface area contributed by atoms with Gasteiger partial charge in [-0.25, -0.2) is 0 Å². The van der Waals surface area contributed by atoms with Crippen LogP contribution in [0.3, 0.4) is 0 Å². The quantitative estimate of drug-likeness (QED) is 0.873. The largest absolute Gasteiger partial charge is 0.489 e. The van der Waals surface area contributed by atoms with Gasteiger partial charge in [-0.15, -0.1) is 0 Å². The van der Waals surface area contributed by atoms with Gasteiger partial charge in [0.25, 0.3) is 0 Å². The molecule has 1 saturated heterocycles. The fraction of sp³-hybridized carbons (Fsp3) is 0.333. The maximum absolute atomic E-state index is 5.92. The van der Waals surface area contributed by atoms with Gasteiger partial charge in [0.05, 0.1) is 11.8 Å². The molecule has 2 aromatic carbocycles. The van der Waals surface area contributed by atoms with Crippen LogP contribution in [0.1, 0.15) is 18.4 Å². The third-order valence-corrected chi connectivity index (χ3v) is 3.66. The second-order valence-corrected chi connectivity index (χ2v) is 5.28. The van der Waals surface area contributed by atoms with Crippen molar-refractivity contribution in [2.45, 2.75) is 25.5 Å². The number of hydrogen-bond donors (Lipinski definition) is 1. The van der Waals surface area contributed by atoms with Gasteiger partial charge in [0.1, 0.15) is 12.4 Å². The van der Waals surface area contributed by atoms with Crippen LogP contribution in [-0.2, 0) is 11.3 Å². The van der Waals surface area contributed by atoms with Crippen LogP contribution in [0.2, 0.25) is 0 Å². The van der Waals surface area contributed by atoms with Crippen molar-refractivity contribution in [1.82, 2.24) is 0 Å². The van der Waals surface area contributed by atoms with E-state index in [0.717, 1.165) is 37.4 Å². The predicted octanol–water partition coefficient (Wildman–Crippen LogP) is 3.86. The highest BCUT2D eigenvalue weighted by molar-refractivity contribution is 5.56. The number of para-hydroxylation sites is 2. The lowest BCUT2D eigenvalue weighted by atomic mass is 10.2. The Bertz CT molecular complexity index is 550. The summed E-state index contributed by atoms with van der Waals surface area (Å²) < 4.78 is 11.5. The van der Waals surface area contributed by atoms with Crippen molar-refractivity contribution in [1.29, 1.82) is 0 Å². The van der Waals surface area contributed by atoms with Gasteiger partial charge in [-0.1, -0.05) is 42.5 Å². The van der Waals surface area contributed by atoms with Crippen LogP contribution < -0.4 is 10.1 Å². The SMILES string of the molecule is c1ccc(CNc2ccccc2OCC2CCCO2)cc1. The standard InChI is InChI=1S/C18H21NO2/c1-2-7-15(8-3-1)13-19-17-10-4-5-11-18(17)21-14-16-9-6-12-20-16/h1-5,7-8,10-11,16,19H,6,9,12-14H2. The first-order valence-electron chi connectivity index (χ1n) is 7.53. The predicted molar refractivity (Wildman–Crippen MR) is 84.7 cm³/mol. The summed E-state index contributed by atoms with van der Waals surface area (Å²) in [6.45, 7) is 2.28. The normalized spacial score (nSPS) is 17.6. The van der Waals surface area contributed by atoms with E-state index in [4.69, 9.17) is 9.47 Å². The van der Waals surface area contributed by atoms with E-state index in [9.17, 15) is 0 Å². The molecule has 0 aromatic heterocycles. The summed E-state index contributed by atoms with van der Waals surface area (Å²) in [5.41, 5.74) is 2.28. The summed E-state index contributed by atoms with van der Waals surface area (Å²) in [6, 6.07) is 18.4. The van der Waals surface area contributed by atoms with Gasteiger partial charge in [-0.2, -0.15) is 0 Å². The molecule has 3 rings (SSSR count). The van der Waals surface area contributed by atoms with Crippen LogP contribution in [0.4, 0.5) is 5.69 Å². The molecular weight excluding hydrogens is 262 g/mol. The van der Waals surface area contributed by atoms with E-state index in [1.54, 1.807) is 0 Å². The zero-order valence-corrected chi connectivity index (χ0v) is 12.1. The molecule has 1 fully saturated rings. The zero-order valence-electron chi connectivity index (χ0n) is 12.1. The van der Waals surface area contributed by atoms with E-state index in [0.29, 0.717) is 6.61 Å². The zero-order chi connectivity index (χ0) is 14.3. The minimum atomic E-state index is 0.243. The van der Waals surface area contributed by atoms with Crippen LogP contribution in [0.5, 0.6) is 5.75 Å². The van der Waals surface area contributed by atoms with Gasteiger partial charge in [0, 0.05) is 13.2 Å². The second-order valence-electron chi connectivity index (χ2n) is 5.28. The summed E-state index contributed by atoms with van der Waals surface area (Å²) in [5.74, 6) is 0.893. The average molecular weight is 283 g/mol. The van der Waals surface area contributed by atoms with Crippen LogP contribution in [0, 0.1) is 0 Å². The molecule has 0 saturated carbocycles. The van der Waals surface area contributed by atoms with Gasteiger partial charge in [-0.3, -0.25) is 0 Å². The molecule has 3 nitrogen and oxygen atoms in total. The molecular formula is C18H21NO2. The molecule has 0 aliphatic carbocycles. The summed E-state index contributed by atoms with van der Waals surface area (Å²) in [6.07, 6.45) is 2.48. The van der Waals surface area contributed by atoms with E-state index in [1.165, 1.54) is 5.56 Å². The Morgan fingerprint density at radius 1 is 1.05 bits per heavy atom. The molecule has 3 heteroatoms. The first kappa shape index (κ1) is 14.0. The number of rotatable bonds is 6. The Kier molecular flexibility index (Phi) is 4.74. The van der Waals surface area contributed by atoms with Crippen LogP contribution >= 0.6 is 0 Å². The number of nitrogens with one attached hydrogen (secondary N) is 1. The molecule has 1 aliphatic heterocycles. The lowest BCUT2D eigenvalue weighted by Crippen LogP contribution is -2.16. The lowest BCUT2D eigenvalue weighted by Gasteiger charge is -2.15. The molecule has 1 atom stereocenters. The minimum Gasteiger partial charge on any atom is -0.489 e. The van der Waals surface area contributed by atoms with Crippen LogP contribution in [0.15, 0.2) is 54.6 Å². The van der Waals surface area contributed by atoms with E-state index in [2.05, 4.69) is 29.6 Å². The third kappa shape index (κ3) is 3.99. The Morgan fingerprint density at radius 3 is 2.67 bits per heavy atom. The molecule has 110 valence electrons. The molecule has 2 aromatic rings. The molecule has 0 radical (unpaired) electrons. The van der Waals surface area contributed by atoms with Crippen molar-refractivity contribution in [2.75, 3.05) is 18.5 Å². The Labute approximate surface area is 125 Å². The maximum atomic E-state index is 5.92. The van der Waals surface area contributed by atoms with Crippen molar-refractivity contribution in [2.24, 2.45) is 0 Å². The average Bonchev–Trinajstić information content (AvgIpc) is 3.06. The molecule has 0 amide bonds.